The standard InChI is InChI=1S/C20H17N3O5/c1-26-12-7-8-15(17(9-12)27-2)22-18(24)11-23-19-13-5-3-4-6-16(13)28-20(25)14(19)10-21-23/h3-10H,11H2,1-2H3,(H,22,24). The number of para-hydroxylation sites is 1. The first-order valence-electron chi connectivity index (χ1n) is 8.50. The van der Waals surface area contributed by atoms with E-state index >= 15 is 0 Å². The Morgan fingerprint density at radius 3 is 2.75 bits per heavy atom. The van der Waals surface area contributed by atoms with Crippen LogP contribution >= 0.6 is 0 Å². The lowest BCUT2D eigenvalue weighted by Crippen LogP contribution is -2.20. The van der Waals surface area contributed by atoms with Gasteiger partial charge < -0.3 is 19.2 Å². The summed E-state index contributed by atoms with van der Waals surface area (Å²) in [5.41, 5.74) is 1.02. The molecule has 2 heterocycles. The zero-order valence-corrected chi connectivity index (χ0v) is 15.3. The first-order chi connectivity index (χ1) is 13.6. The van der Waals surface area contributed by atoms with E-state index in [1.807, 2.05) is 12.1 Å². The minimum absolute atomic E-state index is 0.0773. The van der Waals surface area contributed by atoms with Crippen molar-refractivity contribution in [2.45, 2.75) is 6.54 Å². The Labute approximate surface area is 159 Å². The monoisotopic (exact) mass is 379 g/mol. The molecule has 0 saturated carbocycles. The van der Waals surface area contributed by atoms with Crippen LogP contribution in [0.15, 0.2) is 57.9 Å². The number of carbonyl (C=O) groups is 1. The number of rotatable bonds is 5. The minimum Gasteiger partial charge on any atom is -0.497 e. The minimum atomic E-state index is -0.489. The highest BCUT2D eigenvalue weighted by Crippen LogP contribution is 2.29. The molecule has 0 aliphatic rings. The number of hydrogen-bond acceptors (Lipinski definition) is 6. The van der Waals surface area contributed by atoms with Gasteiger partial charge in [0.25, 0.3) is 0 Å². The highest BCUT2D eigenvalue weighted by atomic mass is 16.5. The Morgan fingerprint density at radius 2 is 1.96 bits per heavy atom. The number of amides is 1. The van der Waals surface area contributed by atoms with Crippen molar-refractivity contribution >= 4 is 33.5 Å². The van der Waals surface area contributed by atoms with Gasteiger partial charge in [-0.1, -0.05) is 12.1 Å². The van der Waals surface area contributed by atoms with Crippen LogP contribution in [0.2, 0.25) is 0 Å². The van der Waals surface area contributed by atoms with Crippen molar-refractivity contribution < 1.29 is 18.7 Å². The number of methoxy groups -OCH3 is 2. The highest BCUT2D eigenvalue weighted by Gasteiger charge is 2.16. The average Bonchev–Trinajstić information content (AvgIpc) is 3.13. The van der Waals surface area contributed by atoms with Crippen LogP contribution in [-0.4, -0.2) is 29.9 Å². The summed E-state index contributed by atoms with van der Waals surface area (Å²) < 4.78 is 17.2. The maximum atomic E-state index is 12.6. The maximum absolute atomic E-state index is 12.6. The van der Waals surface area contributed by atoms with Gasteiger partial charge in [0.2, 0.25) is 5.91 Å². The third-order valence-corrected chi connectivity index (χ3v) is 4.38. The summed E-state index contributed by atoms with van der Waals surface area (Å²) in [7, 11) is 3.06. The Bertz CT molecular complexity index is 1240. The Kier molecular flexibility index (Phi) is 4.44. The second-order valence-electron chi connectivity index (χ2n) is 6.06. The smallest absolute Gasteiger partial charge is 0.347 e. The number of ether oxygens (including phenoxy) is 2. The van der Waals surface area contributed by atoms with Gasteiger partial charge in [-0.15, -0.1) is 0 Å². The van der Waals surface area contributed by atoms with Crippen LogP contribution in [0.4, 0.5) is 5.69 Å². The fraction of sp³-hybridized carbons (Fsp3) is 0.150. The van der Waals surface area contributed by atoms with Crippen LogP contribution in [0.25, 0.3) is 21.9 Å². The maximum Gasteiger partial charge on any atom is 0.347 e. The van der Waals surface area contributed by atoms with Crippen LogP contribution < -0.4 is 20.4 Å². The summed E-state index contributed by atoms with van der Waals surface area (Å²) in [6.07, 6.45) is 1.41. The van der Waals surface area contributed by atoms with E-state index in [-0.39, 0.29) is 12.5 Å². The number of nitrogens with one attached hydrogen (secondary N) is 1. The summed E-state index contributed by atoms with van der Waals surface area (Å²) in [4.78, 5) is 24.8. The molecule has 0 fully saturated rings. The quantitative estimate of drug-likeness (QED) is 0.536. The van der Waals surface area contributed by atoms with Gasteiger partial charge in [0, 0.05) is 11.5 Å². The molecule has 4 aromatic rings. The van der Waals surface area contributed by atoms with Crippen molar-refractivity contribution in [3.8, 4) is 11.5 Å². The number of anilines is 1. The van der Waals surface area contributed by atoms with Gasteiger partial charge in [0.05, 0.1) is 31.6 Å². The lowest BCUT2D eigenvalue weighted by molar-refractivity contribution is -0.116. The van der Waals surface area contributed by atoms with E-state index in [1.54, 1.807) is 37.4 Å². The van der Waals surface area contributed by atoms with E-state index in [2.05, 4.69) is 10.4 Å². The average molecular weight is 379 g/mol. The molecule has 8 nitrogen and oxygen atoms in total. The van der Waals surface area contributed by atoms with Gasteiger partial charge in [0.1, 0.15) is 29.0 Å². The first kappa shape index (κ1) is 17.6. The molecule has 1 N–H and O–H groups in total. The van der Waals surface area contributed by atoms with Gasteiger partial charge >= 0.3 is 5.63 Å². The molecule has 4 rings (SSSR count). The fourth-order valence-corrected chi connectivity index (χ4v) is 3.07. The number of benzene rings is 2. The molecule has 2 aromatic carbocycles. The van der Waals surface area contributed by atoms with Crippen LogP contribution in [-0.2, 0) is 11.3 Å². The molecule has 0 saturated heterocycles. The number of nitrogens with zero attached hydrogens (tertiary/aromatic N) is 2. The molecule has 0 atom stereocenters. The van der Waals surface area contributed by atoms with Crippen LogP contribution in [0.3, 0.4) is 0 Å². The molecule has 2 aromatic heterocycles. The van der Waals surface area contributed by atoms with E-state index in [1.165, 1.54) is 18.0 Å². The zero-order valence-electron chi connectivity index (χ0n) is 15.3. The SMILES string of the molecule is COc1ccc(NC(=O)Cn2ncc3c(=O)oc4ccccc4c32)c(OC)c1. The summed E-state index contributed by atoms with van der Waals surface area (Å²) in [5.74, 6) is 0.779. The molecule has 0 spiro atoms. The number of carbonyl (C=O) groups excluding carboxylic acids is 1. The second kappa shape index (κ2) is 7.07. The van der Waals surface area contributed by atoms with Gasteiger partial charge in [-0.2, -0.15) is 5.10 Å². The number of fused-ring (bicyclic) bond motifs is 3. The Balaban J connectivity index is 1.67. The van der Waals surface area contributed by atoms with Crippen molar-refractivity contribution in [1.29, 1.82) is 0 Å². The molecule has 8 heteroatoms. The highest BCUT2D eigenvalue weighted by molar-refractivity contribution is 6.02. The molecule has 1 amide bonds. The van der Waals surface area contributed by atoms with Gasteiger partial charge in [-0.3, -0.25) is 9.48 Å². The topological polar surface area (TPSA) is 95.6 Å². The predicted octanol–water partition coefficient (Wildman–Crippen LogP) is 2.80. The third-order valence-electron chi connectivity index (χ3n) is 4.38. The molecule has 0 unspecified atom stereocenters. The summed E-state index contributed by atoms with van der Waals surface area (Å²) >= 11 is 0. The molecule has 0 bridgehead atoms. The summed E-state index contributed by atoms with van der Waals surface area (Å²) in [6, 6.07) is 12.2. The molecule has 0 radical (unpaired) electrons. The fourth-order valence-electron chi connectivity index (χ4n) is 3.07. The number of hydrogen-bond donors (Lipinski definition) is 1. The number of aromatic nitrogens is 2. The van der Waals surface area contributed by atoms with Crippen LogP contribution in [0, 0.1) is 0 Å². The normalized spacial score (nSPS) is 10.9. The van der Waals surface area contributed by atoms with E-state index < -0.39 is 5.63 Å². The van der Waals surface area contributed by atoms with Crippen molar-refractivity contribution in [2.24, 2.45) is 0 Å². The zero-order chi connectivity index (χ0) is 19.7. The molecular formula is C20H17N3O5. The van der Waals surface area contributed by atoms with Gasteiger partial charge in [-0.05, 0) is 24.3 Å². The van der Waals surface area contributed by atoms with Crippen molar-refractivity contribution in [3.63, 3.8) is 0 Å². The van der Waals surface area contributed by atoms with E-state index in [4.69, 9.17) is 13.9 Å². The van der Waals surface area contributed by atoms with Crippen molar-refractivity contribution in [2.75, 3.05) is 19.5 Å². The lowest BCUT2D eigenvalue weighted by Gasteiger charge is -2.12. The van der Waals surface area contributed by atoms with E-state index in [9.17, 15) is 9.59 Å². The molecule has 142 valence electrons. The van der Waals surface area contributed by atoms with E-state index in [0.29, 0.717) is 39.1 Å². The summed E-state index contributed by atoms with van der Waals surface area (Å²) in [5, 5.41) is 8.04. The largest absolute Gasteiger partial charge is 0.497 e. The van der Waals surface area contributed by atoms with Gasteiger partial charge in [-0.25, -0.2) is 4.79 Å². The van der Waals surface area contributed by atoms with Gasteiger partial charge in [0.15, 0.2) is 0 Å². The Morgan fingerprint density at radius 1 is 1.14 bits per heavy atom. The summed E-state index contributed by atoms with van der Waals surface area (Å²) in [6.45, 7) is -0.0773. The first-order valence-corrected chi connectivity index (χ1v) is 8.50. The third kappa shape index (κ3) is 3.05. The molecule has 0 aliphatic carbocycles. The van der Waals surface area contributed by atoms with Crippen LogP contribution in [0.5, 0.6) is 11.5 Å². The van der Waals surface area contributed by atoms with Crippen molar-refractivity contribution in [3.05, 3.63) is 59.1 Å². The lowest BCUT2D eigenvalue weighted by atomic mass is 10.2. The predicted molar refractivity (Wildman–Crippen MR) is 104 cm³/mol. The molecular weight excluding hydrogens is 362 g/mol. The molecule has 0 aliphatic heterocycles. The van der Waals surface area contributed by atoms with Crippen molar-refractivity contribution in [1.82, 2.24) is 9.78 Å². The second-order valence-corrected chi connectivity index (χ2v) is 6.06. The Hall–Kier alpha value is -3.81. The van der Waals surface area contributed by atoms with Crippen LogP contribution in [0.1, 0.15) is 0 Å². The molecule has 28 heavy (non-hydrogen) atoms. The van der Waals surface area contributed by atoms with E-state index in [0.717, 1.165) is 0 Å².